The maximum absolute atomic E-state index is 14.5. The first-order chi connectivity index (χ1) is 16.2. The Morgan fingerprint density at radius 1 is 1.00 bits per heavy atom. The van der Waals surface area contributed by atoms with E-state index in [1.54, 1.807) is 6.07 Å². The smallest absolute Gasteiger partial charge is 0.243 e. The van der Waals surface area contributed by atoms with Crippen molar-refractivity contribution >= 4 is 39.3 Å². The molecule has 2 amide bonds. The molecule has 34 heavy (non-hydrogen) atoms. The molecule has 0 aliphatic heterocycles. The molecule has 0 saturated heterocycles. The van der Waals surface area contributed by atoms with E-state index in [4.69, 9.17) is 11.6 Å². The number of carbonyl (C=O) groups excluding carboxylic acids is 2. The molecule has 0 aliphatic carbocycles. The number of nitrogens with zero attached hydrogens (tertiary/aromatic N) is 1. The molecule has 0 aromatic heterocycles. The third-order valence-electron chi connectivity index (χ3n) is 5.33. The Morgan fingerprint density at radius 3 is 2.32 bits per heavy atom. The number of nitrogens with one attached hydrogen (secondary N) is 1. The number of halogens is 3. The number of amides is 2. The van der Waals surface area contributed by atoms with Crippen LogP contribution in [0, 0.1) is 5.82 Å². The minimum absolute atomic E-state index is 0.102. The topological polar surface area (TPSA) is 49.4 Å². The fourth-order valence-electron chi connectivity index (χ4n) is 3.72. The second-order valence-electron chi connectivity index (χ2n) is 8.40. The van der Waals surface area contributed by atoms with Crippen molar-refractivity contribution in [1.82, 2.24) is 10.2 Å². The number of hydrogen-bond acceptors (Lipinski definition) is 2. The summed E-state index contributed by atoms with van der Waals surface area (Å²) in [6, 6.07) is 20.5. The molecule has 0 fully saturated rings. The summed E-state index contributed by atoms with van der Waals surface area (Å²) in [6.45, 7) is 3.93. The van der Waals surface area contributed by atoms with Crippen LogP contribution in [0.3, 0.4) is 0 Å². The van der Waals surface area contributed by atoms with Gasteiger partial charge in [0.15, 0.2) is 0 Å². The molecule has 3 aromatic rings. The lowest BCUT2D eigenvalue weighted by Gasteiger charge is -2.32. The van der Waals surface area contributed by atoms with E-state index < -0.39 is 11.9 Å². The molecule has 7 heteroatoms. The molecule has 4 nitrogen and oxygen atoms in total. The number of hydrogen-bond donors (Lipinski definition) is 1. The Bertz CT molecular complexity index is 1120. The molecule has 0 aliphatic rings. The minimum Gasteiger partial charge on any atom is -0.352 e. The summed E-state index contributed by atoms with van der Waals surface area (Å²) in [5, 5.41) is 3.12. The van der Waals surface area contributed by atoms with Gasteiger partial charge in [-0.15, -0.1) is 0 Å². The summed E-state index contributed by atoms with van der Waals surface area (Å²) in [5.74, 6) is -1.19. The largest absolute Gasteiger partial charge is 0.352 e. The monoisotopic (exact) mass is 544 g/mol. The third kappa shape index (κ3) is 7.15. The van der Waals surface area contributed by atoms with Crippen LogP contribution in [-0.4, -0.2) is 28.8 Å². The highest BCUT2D eigenvalue weighted by Gasteiger charge is 2.31. The van der Waals surface area contributed by atoms with Crippen LogP contribution in [0.25, 0.3) is 0 Å². The molecule has 3 aromatic carbocycles. The Hall–Kier alpha value is -2.70. The Balaban J connectivity index is 2.01. The van der Waals surface area contributed by atoms with Gasteiger partial charge in [-0.05, 0) is 49.2 Å². The number of rotatable bonds is 9. The van der Waals surface area contributed by atoms with Gasteiger partial charge in [-0.3, -0.25) is 9.59 Å². The van der Waals surface area contributed by atoms with Crippen molar-refractivity contribution in [2.75, 3.05) is 0 Å². The first-order valence-corrected chi connectivity index (χ1v) is 12.2. The van der Waals surface area contributed by atoms with Crippen molar-refractivity contribution in [3.8, 4) is 0 Å². The van der Waals surface area contributed by atoms with E-state index in [1.165, 1.54) is 17.0 Å². The van der Waals surface area contributed by atoms with Crippen LogP contribution in [0.15, 0.2) is 77.3 Å². The van der Waals surface area contributed by atoms with Crippen molar-refractivity contribution in [3.05, 3.63) is 105 Å². The maximum atomic E-state index is 14.5. The van der Waals surface area contributed by atoms with Gasteiger partial charge in [0.1, 0.15) is 11.9 Å². The summed E-state index contributed by atoms with van der Waals surface area (Å²) >= 11 is 9.67. The third-order valence-corrected chi connectivity index (χ3v) is 6.18. The summed E-state index contributed by atoms with van der Waals surface area (Å²) in [4.78, 5) is 28.5. The quantitative estimate of drug-likeness (QED) is 0.361. The Morgan fingerprint density at radius 2 is 1.68 bits per heavy atom. The van der Waals surface area contributed by atoms with Gasteiger partial charge in [0, 0.05) is 34.1 Å². The molecule has 0 spiro atoms. The summed E-state index contributed by atoms with van der Waals surface area (Å²) in [6.07, 6.45) is 0.0733. The van der Waals surface area contributed by atoms with Crippen LogP contribution in [0.2, 0.25) is 5.02 Å². The lowest BCUT2D eigenvalue weighted by atomic mass is 10.0. The average molecular weight is 546 g/mol. The Labute approximate surface area is 213 Å². The Kier molecular flexibility index (Phi) is 9.25. The van der Waals surface area contributed by atoms with Crippen LogP contribution in [-0.2, 0) is 29.0 Å². The van der Waals surface area contributed by atoms with Gasteiger partial charge in [0.05, 0.1) is 6.42 Å². The highest BCUT2D eigenvalue weighted by Crippen LogP contribution is 2.23. The predicted molar refractivity (Wildman–Crippen MR) is 137 cm³/mol. The first kappa shape index (κ1) is 25.9. The number of benzene rings is 3. The van der Waals surface area contributed by atoms with E-state index in [9.17, 15) is 14.0 Å². The molecule has 1 unspecified atom stereocenters. The average Bonchev–Trinajstić information content (AvgIpc) is 2.79. The lowest BCUT2D eigenvalue weighted by Crippen LogP contribution is -2.52. The molecular weight excluding hydrogens is 519 g/mol. The molecule has 1 atom stereocenters. The highest BCUT2D eigenvalue weighted by atomic mass is 79.9. The van der Waals surface area contributed by atoms with Gasteiger partial charge in [-0.1, -0.05) is 76.1 Å². The molecule has 0 heterocycles. The molecule has 178 valence electrons. The summed E-state index contributed by atoms with van der Waals surface area (Å²) in [7, 11) is 0. The van der Waals surface area contributed by atoms with Gasteiger partial charge in [-0.25, -0.2) is 4.39 Å². The van der Waals surface area contributed by atoms with Crippen LogP contribution < -0.4 is 5.32 Å². The van der Waals surface area contributed by atoms with Crippen LogP contribution in [0.4, 0.5) is 4.39 Å². The van der Waals surface area contributed by atoms with Gasteiger partial charge in [0.2, 0.25) is 11.8 Å². The molecule has 3 rings (SSSR count). The van der Waals surface area contributed by atoms with E-state index in [0.29, 0.717) is 6.42 Å². The van der Waals surface area contributed by atoms with Crippen molar-refractivity contribution in [2.24, 2.45) is 0 Å². The van der Waals surface area contributed by atoms with Gasteiger partial charge >= 0.3 is 0 Å². The zero-order valence-corrected chi connectivity index (χ0v) is 21.4. The van der Waals surface area contributed by atoms with Crippen LogP contribution >= 0.6 is 27.5 Å². The second kappa shape index (κ2) is 12.1. The predicted octanol–water partition coefficient (Wildman–Crippen LogP) is 5.95. The van der Waals surface area contributed by atoms with E-state index in [1.807, 2.05) is 68.4 Å². The molecule has 0 radical (unpaired) electrons. The normalized spacial score (nSPS) is 11.8. The van der Waals surface area contributed by atoms with Gasteiger partial charge in [-0.2, -0.15) is 0 Å². The van der Waals surface area contributed by atoms with Crippen LogP contribution in [0.1, 0.15) is 30.5 Å². The van der Waals surface area contributed by atoms with E-state index in [-0.39, 0.29) is 41.4 Å². The molecule has 1 N–H and O–H groups in total. The van der Waals surface area contributed by atoms with Crippen molar-refractivity contribution in [2.45, 2.75) is 45.3 Å². The fraction of sp³-hybridized carbons (Fsp3) is 0.259. The first-order valence-electron chi connectivity index (χ1n) is 11.1. The zero-order valence-electron chi connectivity index (χ0n) is 19.1. The van der Waals surface area contributed by atoms with Crippen LogP contribution in [0.5, 0.6) is 0 Å². The molecular formula is C27H27BrClFN2O2. The lowest BCUT2D eigenvalue weighted by molar-refractivity contribution is -0.141. The summed E-state index contributed by atoms with van der Waals surface area (Å²) in [5.41, 5.74) is 1.89. The van der Waals surface area contributed by atoms with Gasteiger partial charge in [0.25, 0.3) is 0 Å². The van der Waals surface area contributed by atoms with Gasteiger partial charge < -0.3 is 10.2 Å². The molecule has 0 saturated carbocycles. The SMILES string of the molecule is CC(C)NC(=O)C(Cc1ccccc1)N(Cc1cccc(Br)c1)C(=O)Cc1c(F)cccc1Cl. The van der Waals surface area contributed by atoms with E-state index in [2.05, 4.69) is 21.2 Å². The molecule has 0 bridgehead atoms. The van der Waals surface area contributed by atoms with Crippen molar-refractivity contribution in [3.63, 3.8) is 0 Å². The standard InChI is InChI=1S/C27H27BrClFN2O2/c1-18(2)31-27(34)25(15-19-8-4-3-5-9-19)32(17-20-10-6-11-21(28)14-20)26(33)16-22-23(29)12-7-13-24(22)30/h3-14,18,25H,15-17H2,1-2H3,(H,31,34). The number of carbonyl (C=O) groups is 2. The highest BCUT2D eigenvalue weighted by molar-refractivity contribution is 9.10. The summed E-state index contributed by atoms with van der Waals surface area (Å²) < 4.78 is 15.4. The van der Waals surface area contributed by atoms with Crippen molar-refractivity contribution in [1.29, 1.82) is 0 Å². The second-order valence-corrected chi connectivity index (χ2v) is 9.72. The maximum Gasteiger partial charge on any atom is 0.243 e. The fourth-order valence-corrected chi connectivity index (χ4v) is 4.40. The van der Waals surface area contributed by atoms with E-state index in [0.717, 1.165) is 15.6 Å². The zero-order chi connectivity index (χ0) is 24.7. The van der Waals surface area contributed by atoms with Crippen molar-refractivity contribution < 1.29 is 14.0 Å². The van der Waals surface area contributed by atoms with E-state index >= 15 is 0 Å². The minimum atomic E-state index is -0.790.